The normalized spacial score (nSPS) is 15.4. The van der Waals surface area contributed by atoms with Gasteiger partial charge in [-0.25, -0.2) is 0 Å². The molecule has 0 amide bonds. The van der Waals surface area contributed by atoms with Crippen LogP contribution in [0.15, 0.2) is 55.1 Å². The van der Waals surface area contributed by atoms with Gasteiger partial charge >= 0.3 is 0 Å². The van der Waals surface area contributed by atoms with E-state index in [4.69, 9.17) is 0 Å². The van der Waals surface area contributed by atoms with Crippen LogP contribution in [0.4, 0.5) is 5.69 Å². The van der Waals surface area contributed by atoms with E-state index in [2.05, 4.69) is 75.1 Å². The Morgan fingerprint density at radius 1 is 1.14 bits per heavy atom. The van der Waals surface area contributed by atoms with Crippen LogP contribution in [0.2, 0.25) is 0 Å². The van der Waals surface area contributed by atoms with Gasteiger partial charge in [-0.1, -0.05) is 75.2 Å². The maximum Gasteiger partial charge on any atom is 0.0381 e. The Kier molecular flexibility index (Phi) is 7.14. The molecule has 28 heavy (non-hydrogen) atoms. The predicted molar refractivity (Wildman–Crippen MR) is 125 cm³/mol. The van der Waals surface area contributed by atoms with Gasteiger partial charge in [-0.3, -0.25) is 0 Å². The van der Waals surface area contributed by atoms with Crippen molar-refractivity contribution >= 4 is 16.8 Å². The van der Waals surface area contributed by atoms with Crippen LogP contribution in [0.5, 0.6) is 0 Å². The zero-order valence-electron chi connectivity index (χ0n) is 17.9. The molecule has 1 heteroatoms. The molecule has 1 N–H and O–H groups in total. The average molecular weight is 374 g/mol. The van der Waals surface area contributed by atoms with Crippen LogP contribution < -0.4 is 5.32 Å². The third-order valence-corrected chi connectivity index (χ3v) is 6.11. The van der Waals surface area contributed by atoms with E-state index in [9.17, 15) is 0 Å². The van der Waals surface area contributed by atoms with Crippen molar-refractivity contribution in [3.63, 3.8) is 0 Å². The summed E-state index contributed by atoms with van der Waals surface area (Å²) in [4.78, 5) is 0. The fourth-order valence-corrected chi connectivity index (χ4v) is 4.33. The summed E-state index contributed by atoms with van der Waals surface area (Å²) in [7, 11) is 0. The van der Waals surface area contributed by atoms with Gasteiger partial charge in [0.25, 0.3) is 0 Å². The summed E-state index contributed by atoms with van der Waals surface area (Å²) in [5.74, 6) is 0. The Morgan fingerprint density at radius 3 is 2.50 bits per heavy atom. The van der Waals surface area contributed by atoms with E-state index in [-0.39, 0.29) is 0 Å². The Bertz CT molecular complexity index is 823. The molecule has 1 aliphatic rings. The molecular weight excluding hydrogens is 338 g/mol. The number of anilines is 1. The van der Waals surface area contributed by atoms with Gasteiger partial charge in [0.05, 0.1) is 0 Å². The Labute approximate surface area is 171 Å². The van der Waals surface area contributed by atoms with Crippen molar-refractivity contribution in [1.29, 1.82) is 0 Å². The molecular formula is C27H35N. The number of nitrogens with one attached hydrogen (secondary N) is 1. The van der Waals surface area contributed by atoms with E-state index in [0.29, 0.717) is 6.04 Å². The summed E-state index contributed by atoms with van der Waals surface area (Å²) in [5.41, 5.74) is 9.22. The number of unbranched alkanes of at least 4 members (excludes halogenated alkanes) is 1. The summed E-state index contributed by atoms with van der Waals surface area (Å²) >= 11 is 0. The Morgan fingerprint density at radius 2 is 1.86 bits per heavy atom. The van der Waals surface area contributed by atoms with Crippen molar-refractivity contribution in [3.8, 4) is 0 Å². The van der Waals surface area contributed by atoms with Gasteiger partial charge in [0, 0.05) is 11.7 Å². The second kappa shape index (κ2) is 9.78. The number of aryl methyl sites for hydroxylation is 1. The van der Waals surface area contributed by atoms with Crippen LogP contribution in [0.1, 0.15) is 74.6 Å². The summed E-state index contributed by atoms with van der Waals surface area (Å²) in [6, 6.07) is 16.1. The molecule has 1 nitrogen and oxygen atoms in total. The van der Waals surface area contributed by atoms with Gasteiger partial charge < -0.3 is 5.32 Å². The predicted octanol–water partition coefficient (Wildman–Crippen LogP) is 7.81. The van der Waals surface area contributed by atoms with Crippen molar-refractivity contribution in [2.45, 2.75) is 71.8 Å². The second-order valence-electron chi connectivity index (χ2n) is 8.15. The van der Waals surface area contributed by atoms with Crippen molar-refractivity contribution in [1.82, 2.24) is 0 Å². The van der Waals surface area contributed by atoms with Crippen LogP contribution in [0.25, 0.3) is 11.1 Å². The molecule has 0 aliphatic heterocycles. The third-order valence-electron chi connectivity index (χ3n) is 6.11. The van der Waals surface area contributed by atoms with Crippen molar-refractivity contribution in [2.75, 3.05) is 5.32 Å². The highest BCUT2D eigenvalue weighted by Crippen LogP contribution is 2.35. The molecule has 148 valence electrons. The van der Waals surface area contributed by atoms with Crippen LogP contribution >= 0.6 is 0 Å². The first-order valence-electron chi connectivity index (χ1n) is 10.9. The summed E-state index contributed by atoms with van der Waals surface area (Å²) in [6.07, 6.45) is 10.9. The van der Waals surface area contributed by atoms with Gasteiger partial charge in [0.2, 0.25) is 0 Å². The average Bonchev–Trinajstić information content (AvgIpc) is 3.23. The van der Waals surface area contributed by atoms with Crippen molar-refractivity contribution in [3.05, 3.63) is 77.4 Å². The number of rotatable bonds is 8. The van der Waals surface area contributed by atoms with E-state index in [0.717, 1.165) is 6.42 Å². The first kappa shape index (κ1) is 20.5. The lowest BCUT2D eigenvalue weighted by molar-refractivity contribution is 0.753. The van der Waals surface area contributed by atoms with Crippen molar-refractivity contribution < 1.29 is 0 Å². The molecule has 0 heterocycles. The highest BCUT2D eigenvalue weighted by molar-refractivity contribution is 5.96. The van der Waals surface area contributed by atoms with Gasteiger partial charge in [0.15, 0.2) is 0 Å². The van der Waals surface area contributed by atoms with Gasteiger partial charge in [-0.05, 0) is 79.0 Å². The van der Waals surface area contributed by atoms with Gasteiger partial charge in [-0.2, -0.15) is 0 Å². The summed E-state index contributed by atoms with van der Waals surface area (Å²) < 4.78 is 0. The molecule has 0 spiro atoms. The lowest BCUT2D eigenvalue weighted by Crippen LogP contribution is -2.16. The highest BCUT2D eigenvalue weighted by Gasteiger charge is 2.18. The maximum absolute atomic E-state index is 4.17. The standard InChI is InChI=1S/C27H35N/c1-5-7-13-22-18-26(21(4)27(19-22)28-24-16-11-12-17-24)25(6-2)20(3)23-14-9-8-10-15-23/h6,8-10,14-15,18-19,24,28H,2,5,7,11-13,16-17H2,1,3-4H3/b25-20+. The highest BCUT2D eigenvalue weighted by atomic mass is 14.9. The molecule has 0 radical (unpaired) electrons. The zero-order chi connectivity index (χ0) is 19.9. The minimum Gasteiger partial charge on any atom is -0.382 e. The molecule has 2 aromatic carbocycles. The van der Waals surface area contributed by atoms with Crippen LogP contribution in [0, 0.1) is 6.92 Å². The van der Waals surface area contributed by atoms with Crippen LogP contribution in [-0.2, 0) is 6.42 Å². The van der Waals surface area contributed by atoms with Gasteiger partial charge in [-0.15, -0.1) is 0 Å². The molecule has 1 saturated carbocycles. The van der Waals surface area contributed by atoms with E-state index in [1.807, 2.05) is 6.08 Å². The largest absolute Gasteiger partial charge is 0.382 e. The fourth-order valence-electron chi connectivity index (χ4n) is 4.33. The maximum atomic E-state index is 4.17. The Balaban J connectivity index is 2.07. The van der Waals surface area contributed by atoms with E-state index in [1.54, 1.807) is 0 Å². The molecule has 1 aliphatic carbocycles. The summed E-state index contributed by atoms with van der Waals surface area (Å²) in [5, 5.41) is 3.87. The molecule has 1 fully saturated rings. The smallest absolute Gasteiger partial charge is 0.0381 e. The first-order valence-corrected chi connectivity index (χ1v) is 10.9. The number of hydrogen-bond acceptors (Lipinski definition) is 1. The SMILES string of the molecule is C=C/C(=C(/C)c1ccccc1)c1cc(CCCC)cc(NC2CCCC2)c1C. The number of benzene rings is 2. The van der Waals surface area contributed by atoms with E-state index in [1.165, 1.54) is 77.6 Å². The zero-order valence-corrected chi connectivity index (χ0v) is 17.9. The number of allylic oxidation sites excluding steroid dienone is 3. The van der Waals surface area contributed by atoms with Crippen molar-refractivity contribution in [2.24, 2.45) is 0 Å². The van der Waals surface area contributed by atoms with E-state index < -0.39 is 0 Å². The topological polar surface area (TPSA) is 12.0 Å². The minimum absolute atomic E-state index is 0.624. The summed E-state index contributed by atoms with van der Waals surface area (Å²) in [6.45, 7) is 10.9. The molecule has 2 aromatic rings. The first-order chi connectivity index (χ1) is 13.6. The molecule has 0 aromatic heterocycles. The quantitative estimate of drug-likeness (QED) is 0.367. The lowest BCUT2D eigenvalue weighted by Gasteiger charge is -2.21. The third kappa shape index (κ3) is 4.76. The van der Waals surface area contributed by atoms with Crippen LogP contribution in [0.3, 0.4) is 0 Å². The monoisotopic (exact) mass is 373 g/mol. The van der Waals surface area contributed by atoms with Gasteiger partial charge in [0.1, 0.15) is 0 Å². The van der Waals surface area contributed by atoms with E-state index >= 15 is 0 Å². The minimum atomic E-state index is 0.624. The number of hydrogen-bond donors (Lipinski definition) is 1. The molecule has 0 saturated heterocycles. The fraction of sp³-hybridized carbons (Fsp3) is 0.407. The second-order valence-corrected chi connectivity index (χ2v) is 8.15. The molecule has 0 unspecified atom stereocenters. The molecule has 0 bridgehead atoms. The molecule has 3 rings (SSSR count). The van der Waals surface area contributed by atoms with Crippen LogP contribution in [-0.4, -0.2) is 6.04 Å². The molecule has 0 atom stereocenters. The lowest BCUT2D eigenvalue weighted by atomic mass is 9.90. The Hall–Kier alpha value is -2.28.